The van der Waals surface area contributed by atoms with Crippen molar-refractivity contribution in [3.05, 3.63) is 30.1 Å². The lowest BCUT2D eigenvalue weighted by molar-refractivity contribution is 0.216. The zero-order chi connectivity index (χ0) is 12.0. The molecule has 4 nitrogen and oxygen atoms in total. The second kappa shape index (κ2) is 6.23. The van der Waals surface area contributed by atoms with Crippen LogP contribution in [0.1, 0.15) is 26.0 Å². The van der Waals surface area contributed by atoms with Crippen molar-refractivity contribution in [1.29, 1.82) is 5.41 Å². The van der Waals surface area contributed by atoms with E-state index in [1.165, 1.54) is 0 Å². The van der Waals surface area contributed by atoms with Crippen molar-refractivity contribution in [1.82, 2.24) is 9.88 Å². The molecule has 1 rings (SSSR count). The summed E-state index contributed by atoms with van der Waals surface area (Å²) in [6.07, 6.45) is 2.42. The molecule has 0 aliphatic rings. The summed E-state index contributed by atoms with van der Waals surface area (Å²) in [6.45, 7) is 5.90. The highest BCUT2D eigenvalue weighted by Gasteiger charge is 2.10. The van der Waals surface area contributed by atoms with E-state index >= 15 is 0 Å². The lowest BCUT2D eigenvalue weighted by Gasteiger charge is -2.25. The maximum absolute atomic E-state index is 7.24. The molecule has 0 aliphatic heterocycles. The topological polar surface area (TPSA) is 66.0 Å². The molecule has 0 radical (unpaired) electrons. The fraction of sp³-hybridized carbons (Fsp3) is 0.500. The summed E-state index contributed by atoms with van der Waals surface area (Å²) in [5.41, 5.74) is 6.43. The molecule has 0 aromatic carbocycles. The number of pyridine rings is 1. The third kappa shape index (κ3) is 4.40. The molecule has 0 aliphatic carbocycles. The van der Waals surface area contributed by atoms with Gasteiger partial charge in [-0.15, -0.1) is 0 Å². The van der Waals surface area contributed by atoms with Gasteiger partial charge in [-0.25, -0.2) is 0 Å². The highest BCUT2D eigenvalue weighted by molar-refractivity contribution is 5.76. The van der Waals surface area contributed by atoms with E-state index < -0.39 is 0 Å². The van der Waals surface area contributed by atoms with E-state index in [1.54, 1.807) is 6.20 Å². The SMILES string of the molecule is CC(C)N(CCC(=N)N)Cc1ccccn1. The van der Waals surface area contributed by atoms with Gasteiger partial charge in [0.15, 0.2) is 0 Å². The molecular weight excluding hydrogens is 200 g/mol. The van der Waals surface area contributed by atoms with Gasteiger partial charge in [-0.05, 0) is 26.0 Å². The van der Waals surface area contributed by atoms with E-state index in [2.05, 4.69) is 23.7 Å². The molecule has 4 heteroatoms. The van der Waals surface area contributed by atoms with Crippen molar-refractivity contribution >= 4 is 5.84 Å². The smallest absolute Gasteiger partial charge is 0.0918 e. The minimum Gasteiger partial charge on any atom is -0.388 e. The van der Waals surface area contributed by atoms with Crippen molar-refractivity contribution in [2.75, 3.05) is 6.54 Å². The Morgan fingerprint density at radius 2 is 2.25 bits per heavy atom. The van der Waals surface area contributed by atoms with Crippen molar-refractivity contribution in [2.45, 2.75) is 32.9 Å². The monoisotopic (exact) mass is 220 g/mol. The van der Waals surface area contributed by atoms with Crippen LogP contribution in [0.4, 0.5) is 0 Å². The van der Waals surface area contributed by atoms with Crippen LogP contribution in [-0.4, -0.2) is 28.3 Å². The van der Waals surface area contributed by atoms with Crippen LogP contribution in [0.25, 0.3) is 0 Å². The summed E-state index contributed by atoms with van der Waals surface area (Å²) in [6, 6.07) is 6.36. The maximum atomic E-state index is 7.24. The van der Waals surface area contributed by atoms with E-state index in [4.69, 9.17) is 11.1 Å². The van der Waals surface area contributed by atoms with E-state index in [0.717, 1.165) is 18.8 Å². The van der Waals surface area contributed by atoms with Crippen LogP contribution in [0, 0.1) is 5.41 Å². The summed E-state index contributed by atoms with van der Waals surface area (Å²) >= 11 is 0. The van der Waals surface area contributed by atoms with Gasteiger partial charge in [-0.1, -0.05) is 6.07 Å². The molecule has 3 N–H and O–H groups in total. The van der Waals surface area contributed by atoms with E-state index in [1.807, 2.05) is 18.2 Å². The van der Waals surface area contributed by atoms with Gasteiger partial charge in [0.1, 0.15) is 0 Å². The number of hydrogen-bond donors (Lipinski definition) is 2. The van der Waals surface area contributed by atoms with Gasteiger partial charge in [-0.2, -0.15) is 0 Å². The molecule has 0 amide bonds. The first-order valence-corrected chi connectivity index (χ1v) is 5.56. The first-order valence-electron chi connectivity index (χ1n) is 5.56. The maximum Gasteiger partial charge on any atom is 0.0918 e. The molecule has 16 heavy (non-hydrogen) atoms. The third-order valence-corrected chi connectivity index (χ3v) is 2.49. The number of nitrogens with two attached hydrogens (primary N) is 1. The average Bonchev–Trinajstić information content (AvgIpc) is 2.25. The lowest BCUT2D eigenvalue weighted by atomic mass is 10.2. The standard InChI is InChI=1S/C12H20N4/c1-10(2)16(8-6-12(13)14)9-11-5-3-4-7-15-11/h3-5,7,10H,6,8-9H2,1-2H3,(H3,13,14). The van der Waals surface area contributed by atoms with Crippen LogP contribution in [0.3, 0.4) is 0 Å². The predicted octanol–water partition coefficient (Wildman–Crippen LogP) is 1.62. The van der Waals surface area contributed by atoms with Crippen molar-refractivity contribution < 1.29 is 0 Å². The van der Waals surface area contributed by atoms with Gasteiger partial charge >= 0.3 is 0 Å². The zero-order valence-corrected chi connectivity index (χ0v) is 9.98. The molecule has 0 spiro atoms. The summed E-state index contributed by atoms with van der Waals surface area (Å²) in [7, 11) is 0. The van der Waals surface area contributed by atoms with Crippen molar-refractivity contribution in [2.24, 2.45) is 5.73 Å². The van der Waals surface area contributed by atoms with Crippen molar-refractivity contribution in [3.8, 4) is 0 Å². The Labute approximate surface area is 97.0 Å². The van der Waals surface area contributed by atoms with Crippen LogP contribution < -0.4 is 5.73 Å². The van der Waals surface area contributed by atoms with Gasteiger partial charge in [0, 0.05) is 31.7 Å². The number of hydrogen-bond acceptors (Lipinski definition) is 3. The van der Waals surface area contributed by atoms with Gasteiger partial charge < -0.3 is 5.73 Å². The molecule has 88 valence electrons. The average molecular weight is 220 g/mol. The Morgan fingerprint density at radius 3 is 2.75 bits per heavy atom. The quantitative estimate of drug-likeness (QED) is 0.565. The third-order valence-electron chi connectivity index (χ3n) is 2.49. The number of nitrogens with zero attached hydrogens (tertiary/aromatic N) is 2. The first-order chi connectivity index (χ1) is 7.59. The molecule has 0 fully saturated rings. The highest BCUT2D eigenvalue weighted by Crippen LogP contribution is 2.06. The molecule has 1 aromatic heterocycles. The first kappa shape index (κ1) is 12.6. The summed E-state index contributed by atoms with van der Waals surface area (Å²) in [5.74, 6) is 0.242. The highest BCUT2D eigenvalue weighted by atomic mass is 15.1. The van der Waals surface area contributed by atoms with E-state index in [-0.39, 0.29) is 5.84 Å². The molecule has 0 bridgehead atoms. The molecular formula is C12H20N4. The van der Waals surface area contributed by atoms with Crippen molar-refractivity contribution in [3.63, 3.8) is 0 Å². The minimum atomic E-state index is 0.242. The number of aromatic nitrogens is 1. The van der Waals surface area contributed by atoms with E-state index in [9.17, 15) is 0 Å². The molecule has 0 atom stereocenters. The van der Waals surface area contributed by atoms with Gasteiger partial charge in [0.25, 0.3) is 0 Å². The van der Waals surface area contributed by atoms with E-state index in [0.29, 0.717) is 12.5 Å². The molecule has 0 unspecified atom stereocenters. The molecule has 1 aromatic rings. The molecule has 1 heterocycles. The number of rotatable bonds is 6. The Bertz CT molecular complexity index is 321. The summed E-state index contributed by atoms with van der Waals surface area (Å²) in [4.78, 5) is 6.57. The van der Waals surface area contributed by atoms with Gasteiger partial charge in [0.05, 0.1) is 11.5 Å². The van der Waals surface area contributed by atoms with Crippen LogP contribution in [-0.2, 0) is 6.54 Å². The molecule has 0 saturated carbocycles. The number of nitrogens with one attached hydrogen (secondary N) is 1. The Balaban J connectivity index is 2.54. The predicted molar refractivity (Wildman–Crippen MR) is 66.3 cm³/mol. The van der Waals surface area contributed by atoms with Crippen LogP contribution in [0.15, 0.2) is 24.4 Å². The normalized spacial score (nSPS) is 11.0. The summed E-state index contributed by atoms with van der Waals surface area (Å²) in [5, 5.41) is 7.24. The summed E-state index contributed by atoms with van der Waals surface area (Å²) < 4.78 is 0. The van der Waals surface area contributed by atoms with Crippen LogP contribution >= 0.6 is 0 Å². The second-order valence-corrected chi connectivity index (χ2v) is 4.16. The van der Waals surface area contributed by atoms with Gasteiger partial charge in [0.2, 0.25) is 0 Å². The Kier molecular flexibility index (Phi) is 4.92. The zero-order valence-electron chi connectivity index (χ0n) is 9.98. The molecule has 0 saturated heterocycles. The van der Waals surface area contributed by atoms with Crippen LogP contribution in [0.5, 0.6) is 0 Å². The second-order valence-electron chi connectivity index (χ2n) is 4.16. The largest absolute Gasteiger partial charge is 0.388 e. The van der Waals surface area contributed by atoms with Gasteiger partial charge in [-0.3, -0.25) is 15.3 Å². The van der Waals surface area contributed by atoms with Crippen LogP contribution in [0.2, 0.25) is 0 Å². The lowest BCUT2D eigenvalue weighted by Crippen LogP contribution is -2.33. The number of amidine groups is 1. The fourth-order valence-electron chi connectivity index (χ4n) is 1.48. The minimum absolute atomic E-state index is 0.242. The fourth-order valence-corrected chi connectivity index (χ4v) is 1.48. The Hall–Kier alpha value is -1.42. The Morgan fingerprint density at radius 1 is 1.50 bits per heavy atom.